The van der Waals surface area contributed by atoms with Gasteiger partial charge in [0.15, 0.2) is 6.29 Å². The van der Waals surface area contributed by atoms with Crippen molar-refractivity contribution < 1.29 is 19.1 Å². The van der Waals surface area contributed by atoms with E-state index in [0.29, 0.717) is 24.6 Å². The number of hydrogen-bond donors (Lipinski definition) is 1. The van der Waals surface area contributed by atoms with E-state index in [1.807, 2.05) is 40.6 Å². The fourth-order valence-corrected chi connectivity index (χ4v) is 4.50. The number of benzene rings is 2. The van der Waals surface area contributed by atoms with Crippen LogP contribution in [-0.4, -0.2) is 31.4 Å². The first kappa shape index (κ1) is 21.2. The molecule has 3 aromatic rings. The predicted molar refractivity (Wildman–Crippen MR) is 121 cm³/mol. The number of nitrogens with two attached hydrogens (primary N) is 1. The number of hydroxylamine groups is 1. The van der Waals surface area contributed by atoms with Crippen molar-refractivity contribution in [3.63, 3.8) is 0 Å². The molecule has 162 valence electrons. The molecule has 7 nitrogen and oxygen atoms in total. The Kier molecular flexibility index (Phi) is 6.13. The van der Waals surface area contributed by atoms with Gasteiger partial charge in [0.2, 0.25) is 0 Å². The maximum absolute atomic E-state index is 11.9. The van der Waals surface area contributed by atoms with E-state index in [9.17, 15) is 4.79 Å². The minimum Gasteiger partial charge on any atom is -0.496 e. The van der Waals surface area contributed by atoms with Crippen molar-refractivity contribution in [2.75, 3.05) is 19.3 Å². The summed E-state index contributed by atoms with van der Waals surface area (Å²) in [5.74, 6) is 0.994. The lowest BCUT2D eigenvalue weighted by molar-refractivity contribution is -0.145. The molecule has 0 saturated heterocycles. The Hall–Kier alpha value is -3.07. The van der Waals surface area contributed by atoms with Crippen molar-refractivity contribution in [3.8, 4) is 21.9 Å². The molecule has 31 heavy (non-hydrogen) atoms. The van der Waals surface area contributed by atoms with Crippen LogP contribution in [0.5, 0.6) is 11.5 Å². The summed E-state index contributed by atoms with van der Waals surface area (Å²) in [4.78, 5) is 20.6. The first-order chi connectivity index (χ1) is 15.0. The fraction of sp³-hybridized carbons (Fsp3) is 0.261. The highest BCUT2D eigenvalue weighted by Crippen LogP contribution is 2.37. The van der Waals surface area contributed by atoms with Gasteiger partial charge in [-0.2, -0.15) is 5.06 Å². The van der Waals surface area contributed by atoms with Gasteiger partial charge in [-0.1, -0.05) is 24.3 Å². The second kappa shape index (κ2) is 8.97. The molecule has 2 heterocycles. The molecule has 0 radical (unpaired) electrons. The minimum atomic E-state index is -0.676. The van der Waals surface area contributed by atoms with E-state index in [4.69, 9.17) is 20.0 Å². The standard InChI is InChI=1S/C23H25N3O4S/c1-15(27)30-26-19-12-16(22-8-5-11-31-22)9-10-17(19)13-25(23(26)24)14-18-20(28-2)6-4-7-21(18)29-3/h4-12,23H,13-14,24H2,1-3H3. The van der Waals surface area contributed by atoms with Gasteiger partial charge >= 0.3 is 5.97 Å². The Morgan fingerprint density at radius 1 is 1.13 bits per heavy atom. The molecule has 1 aliphatic rings. The van der Waals surface area contributed by atoms with Gasteiger partial charge in [-0.05, 0) is 40.8 Å². The molecule has 0 fully saturated rings. The Labute approximate surface area is 185 Å². The zero-order valence-electron chi connectivity index (χ0n) is 17.7. The smallest absolute Gasteiger partial charge is 0.329 e. The van der Waals surface area contributed by atoms with Gasteiger partial charge < -0.3 is 14.3 Å². The average molecular weight is 440 g/mol. The van der Waals surface area contributed by atoms with Crippen LogP contribution in [0, 0.1) is 0 Å². The largest absolute Gasteiger partial charge is 0.496 e. The van der Waals surface area contributed by atoms with Crippen LogP contribution in [0.2, 0.25) is 0 Å². The molecule has 4 rings (SSSR count). The number of fused-ring (bicyclic) bond motifs is 1. The van der Waals surface area contributed by atoms with Crippen LogP contribution in [0.3, 0.4) is 0 Å². The zero-order valence-corrected chi connectivity index (χ0v) is 18.5. The van der Waals surface area contributed by atoms with Gasteiger partial charge in [0.05, 0.1) is 25.5 Å². The molecular weight excluding hydrogens is 414 g/mol. The van der Waals surface area contributed by atoms with Gasteiger partial charge in [0.25, 0.3) is 0 Å². The summed E-state index contributed by atoms with van der Waals surface area (Å²) in [7, 11) is 3.25. The molecular formula is C23H25N3O4S. The minimum absolute atomic E-state index is 0.431. The quantitative estimate of drug-likeness (QED) is 0.623. The number of hydrogen-bond acceptors (Lipinski definition) is 8. The second-order valence-electron chi connectivity index (χ2n) is 7.19. The van der Waals surface area contributed by atoms with E-state index in [2.05, 4.69) is 18.2 Å². The average Bonchev–Trinajstić information content (AvgIpc) is 3.31. The molecule has 1 aliphatic heterocycles. The highest BCUT2D eigenvalue weighted by Gasteiger charge is 2.33. The summed E-state index contributed by atoms with van der Waals surface area (Å²) < 4.78 is 11.1. The van der Waals surface area contributed by atoms with E-state index in [1.165, 1.54) is 12.0 Å². The van der Waals surface area contributed by atoms with Gasteiger partial charge in [0, 0.05) is 24.9 Å². The highest BCUT2D eigenvalue weighted by molar-refractivity contribution is 7.13. The van der Waals surface area contributed by atoms with Crippen molar-refractivity contribution >= 4 is 23.0 Å². The summed E-state index contributed by atoms with van der Waals surface area (Å²) in [6.07, 6.45) is -0.676. The first-order valence-corrected chi connectivity index (χ1v) is 10.7. The zero-order chi connectivity index (χ0) is 22.0. The summed E-state index contributed by atoms with van der Waals surface area (Å²) in [5, 5.41) is 3.52. The SMILES string of the molecule is COc1cccc(OC)c1CN1Cc2ccc(-c3cccs3)cc2N(OC(C)=O)C1N. The number of carbonyl (C=O) groups is 1. The monoisotopic (exact) mass is 439 g/mol. The molecule has 0 saturated carbocycles. The Morgan fingerprint density at radius 3 is 2.48 bits per heavy atom. The summed E-state index contributed by atoms with van der Waals surface area (Å²) in [6.45, 7) is 2.41. The maximum Gasteiger partial charge on any atom is 0.329 e. The molecule has 2 aromatic carbocycles. The van der Waals surface area contributed by atoms with Crippen LogP contribution < -0.4 is 20.3 Å². The van der Waals surface area contributed by atoms with E-state index in [-0.39, 0.29) is 0 Å². The van der Waals surface area contributed by atoms with Crippen molar-refractivity contribution in [3.05, 3.63) is 65.0 Å². The van der Waals surface area contributed by atoms with Crippen LogP contribution >= 0.6 is 11.3 Å². The summed E-state index contributed by atoms with van der Waals surface area (Å²) in [6, 6.07) is 15.9. The number of thiophene rings is 1. The van der Waals surface area contributed by atoms with Crippen LogP contribution in [0.4, 0.5) is 5.69 Å². The van der Waals surface area contributed by atoms with Crippen LogP contribution in [0.1, 0.15) is 18.1 Å². The molecule has 1 unspecified atom stereocenters. The molecule has 1 aromatic heterocycles. The van der Waals surface area contributed by atoms with Gasteiger partial charge in [-0.15, -0.1) is 11.3 Å². The fourth-order valence-electron chi connectivity index (χ4n) is 3.78. The molecule has 8 heteroatoms. The third-order valence-electron chi connectivity index (χ3n) is 5.23. The number of anilines is 1. The lowest BCUT2D eigenvalue weighted by Crippen LogP contribution is -2.57. The number of ether oxygens (including phenoxy) is 2. The summed E-state index contributed by atoms with van der Waals surface area (Å²) in [5.41, 5.74) is 10.3. The Bertz CT molecular complexity index is 1050. The summed E-state index contributed by atoms with van der Waals surface area (Å²) >= 11 is 1.66. The lowest BCUT2D eigenvalue weighted by atomic mass is 10.0. The lowest BCUT2D eigenvalue weighted by Gasteiger charge is -2.42. The topological polar surface area (TPSA) is 77.3 Å². The van der Waals surface area contributed by atoms with E-state index in [0.717, 1.165) is 27.3 Å². The second-order valence-corrected chi connectivity index (χ2v) is 8.14. The number of methoxy groups -OCH3 is 2. The van der Waals surface area contributed by atoms with Crippen molar-refractivity contribution in [1.29, 1.82) is 0 Å². The number of carbonyl (C=O) groups excluding carboxylic acids is 1. The van der Waals surface area contributed by atoms with Crippen molar-refractivity contribution in [1.82, 2.24) is 4.90 Å². The number of nitrogens with zero attached hydrogens (tertiary/aromatic N) is 2. The van der Waals surface area contributed by atoms with Crippen LogP contribution in [-0.2, 0) is 22.7 Å². The highest BCUT2D eigenvalue weighted by atomic mass is 32.1. The van der Waals surface area contributed by atoms with Gasteiger partial charge in [-0.25, -0.2) is 0 Å². The normalized spacial score (nSPS) is 16.0. The van der Waals surface area contributed by atoms with E-state index < -0.39 is 12.3 Å². The maximum atomic E-state index is 11.9. The third-order valence-corrected chi connectivity index (χ3v) is 6.15. The Balaban J connectivity index is 1.71. The van der Waals surface area contributed by atoms with Gasteiger partial charge in [0.1, 0.15) is 11.5 Å². The molecule has 0 aliphatic carbocycles. The number of rotatable bonds is 6. The van der Waals surface area contributed by atoms with E-state index >= 15 is 0 Å². The molecule has 0 spiro atoms. The molecule has 1 atom stereocenters. The van der Waals surface area contributed by atoms with Crippen LogP contribution in [0.15, 0.2) is 53.9 Å². The van der Waals surface area contributed by atoms with Crippen LogP contribution in [0.25, 0.3) is 10.4 Å². The van der Waals surface area contributed by atoms with E-state index in [1.54, 1.807) is 25.6 Å². The Morgan fingerprint density at radius 2 is 1.87 bits per heavy atom. The van der Waals surface area contributed by atoms with Crippen molar-refractivity contribution in [2.24, 2.45) is 5.73 Å². The third kappa shape index (κ3) is 4.23. The van der Waals surface area contributed by atoms with Crippen molar-refractivity contribution in [2.45, 2.75) is 26.3 Å². The molecule has 0 amide bonds. The predicted octanol–water partition coefficient (Wildman–Crippen LogP) is 3.97. The van der Waals surface area contributed by atoms with Gasteiger partial charge in [-0.3, -0.25) is 15.4 Å². The molecule has 2 N–H and O–H groups in total. The molecule has 0 bridgehead atoms. The first-order valence-electron chi connectivity index (χ1n) is 9.86.